The van der Waals surface area contributed by atoms with E-state index in [9.17, 15) is 9.59 Å². The predicted octanol–water partition coefficient (Wildman–Crippen LogP) is 3.96. The highest BCUT2D eigenvalue weighted by atomic mass is 32.1. The number of amides is 1. The van der Waals surface area contributed by atoms with Crippen molar-refractivity contribution in [2.75, 3.05) is 5.32 Å². The average Bonchev–Trinajstić information content (AvgIpc) is 3.09. The second-order valence-corrected chi connectivity index (χ2v) is 6.73. The molecule has 0 aromatic carbocycles. The Bertz CT molecular complexity index is 644. The van der Waals surface area contributed by atoms with Gasteiger partial charge >= 0.3 is 0 Å². The summed E-state index contributed by atoms with van der Waals surface area (Å²) in [7, 11) is 0. The van der Waals surface area contributed by atoms with Crippen LogP contribution in [-0.4, -0.2) is 21.9 Å². The standard InChI is InChI=1S/C14H17N3O2S2/c1-4-9(5-2)13-16-17-14(21-13)15-12(19)11-7-6-10(20-11)8(3)18/h6-7,9H,4-5H2,1-3H3,(H,15,17,19). The molecule has 0 aliphatic carbocycles. The van der Waals surface area contributed by atoms with E-state index >= 15 is 0 Å². The van der Waals surface area contributed by atoms with Crippen molar-refractivity contribution < 1.29 is 9.59 Å². The van der Waals surface area contributed by atoms with E-state index in [-0.39, 0.29) is 11.7 Å². The van der Waals surface area contributed by atoms with Crippen LogP contribution in [0.25, 0.3) is 0 Å². The van der Waals surface area contributed by atoms with E-state index in [2.05, 4.69) is 29.4 Å². The maximum atomic E-state index is 12.1. The molecule has 0 aliphatic rings. The van der Waals surface area contributed by atoms with Crippen molar-refractivity contribution in [3.8, 4) is 0 Å². The first-order valence-corrected chi connectivity index (χ1v) is 8.44. The molecule has 0 saturated carbocycles. The molecule has 0 fully saturated rings. The van der Waals surface area contributed by atoms with Crippen LogP contribution in [0.1, 0.15) is 63.9 Å². The van der Waals surface area contributed by atoms with Gasteiger partial charge in [0.25, 0.3) is 5.91 Å². The third-order valence-corrected chi connectivity index (χ3v) is 5.36. The first-order chi connectivity index (χ1) is 10.0. The zero-order valence-corrected chi connectivity index (χ0v) is 13.8. The Hall–Kier alpha value is -1.60. The van der Waals surface area contributed by atoms with E-state index in [0.29, 0.717) is 20.8 Å². The van der Waals surface area contributed by atoms with Crippen molar-refractivity contribution in [1.82, 2.24) is 10.2 Å². The number of ketones is 1. The number of nitrogens with zero attached hydrogens (tertiary/aromatic N) is 2. The minimum absolute atomic E-state index is 0.0361. The molecule has 2 heterocycles. The minimum atomic E-state index is -0.250. The Balaban J connectivity index is 2.07. The molecule has 0 unspecified atom stereocenters. The Morgan fingerprint density at radius 1 is 1.14 bits per heavy atom. The monoisotopic (exact) mass is 323 g/mol. The first-order valence-electron chi connectivity index (χ1n) is 6.80. The van der Waals surface area contributed by atoms with E-state index in [0.717, 1.165) is 17.8 Å². The first kappa shape index (κ1) is 15.8. The number of Topliss-reactive ketones (excluding diaryl/α,β-unsaturated/α-hetero) is 1. The molecule has 2 rings (SSSR count). The van der Waals surface area contributed by atoms with E-state index in [1.54, 1.807) is 12.1 Å². The summed E-state index contributed by atoms with van der Waals surface area (Å²) in [5.41, 5.74) is 0. The summed E-state index contributed by atoms with van der Waals surface area (Å²) in [6, 6.07) is 3.32. The molecular weight excluding hydrogens is 306 g/mol. The van der Waals surface area contributed by atoms with Gasteiger partial charge in [-0.15, -0.1) is 21.5 Å². The number of rotatable bonds is 6. The highest BCUT2D eigenvalue weighted by Gasteiger charge is 2.16. The third-order valence-electron chi connectivity index (χ3n) is 3.17. The fourth-order valence-electron chi connectivity index (χ4n) is 1.90. The zero-order chi connectivity index (χ0) is 15.4. The van der Waals surface area contributed by atoms with Crippen LogP contribution >= 0.6 is 22.7 Å². The predicted molar refractivity (Wildman–Crippen MR) is 85.5 cm³/mol. The van der Waals surface area contributed by atoms with Crippen LogP contribution in [0.15, 0.2) is 12.1 Å². The molecule has 0 aliphatic heterocycles. The van der Waals surface area contributed by atoms with E-state index < -0.39 is 0 Å². The fourth-order valence-corrected chi connectivity index (χ4v) is 3.70. The van der Waals surface area contributed by atoms with Crippen molar-refractivity contribution in [1.29, 1.82) is 0 Å². The average molecular weight is 323 g/mol. The smallest absolute Gasteiger partial charge is 0.267 e. The summed E-state index contributed by atoms with van der Waals surface area (Å²) in [5.74, 6) is 0.102. The molecule has 0 atom stereocenters. The Morgan fingerprint density at radius 2 is 1.81 bits per heavy atom. The van der Waals surface area contributed by atoms with Gasteiger partial charge in [0.05, 0.1) is 9.75 Å². The van der Waals surface area contributed by atoms with Crippen molar-refractivity contribution in [2.45, 2.75) is 39.5 Å². The molecule has 1 amide bonds. The Morgan fingerprint density at radius 3 is 2.38 bits per heavy atom. The van der Waals surface area contributed by atoms with Crippen LogP contribution in [0.4, 0.5) is 5.13 Å². The van der Waals surface area contributed by atoms with Crippen LogP contribution in [0, 0.1) is 0 Å². The number of aromatic nitrogens is 2. The van der Waals surface area contributed by atoms with Crippen molar-refractivity contribution in [3.05, 3.63) is 26.9 Å². The van der Waals surface area contributed by atoms with Crippen LogP contribution in [0.5, 0.6) is 0 Å². The minimum Gasteiger partial charge on any atom is -0.296 e. The molecule has 7 heteroatoms. The molecule has 1 N–H and O–H groups in total. The largest absolute Gasteiger partial charge is 0.296 e. The SMILES string of the molecule is CCC(CC)c1nnc(NC(=O)c2ccc(C(C)=O)s2)s1. The lowest BCUT2D eigenvalue weighted by Crippen LogP contribution is -2.09. The lowest BCUT2D eigenvalue weighted by atomic mass is 10.1. The molecule has 112 valence electrons. The third kappa shape index (κ3) is 3.74. The zero-order valence-electron chi connectivity index (χ0n) is 12.2. The van der Waals surface area contributed by atoms with E-state index in [1.165, 1.54) is 29.6 Å². The van der Waals surface area contributed by atoms with Gasteiger partial charge in [-0.1, -0.05) is 25.2 Å². The summed E-state index contributed by atoms with van der Waals surface area (Å²) in [6.45, 7) is 5.71. The molecule has 0 radical (unpaired) electrons. The van der Waals surface area contributed by atoms with Crippen molar-refractivity contribution >= 4 is 39.5 Å². The van der Waals surface area contributed by atoms with Gasteiger partial charge in [-0.2, -0.15) is 0 Å². The Labute approximate surface area is 131 Å². The topological polar surface area (TPSA) is 72.0 Å². The number of hydrogen-bond donors (Lipinski definition) is 1. The number of hydrogen-bond acceptors (Lipinski definition) is 6. The van der Waals surface area contributed by atoms with Gasteiger partial charge in [0.1, 0.15) is 5.01 Å². The summed E-state index contributed by atoms with van der Waals surface area (Å²) in [6.07, 6.45) is 2.01. The molecule has 5 nitrogen and oxygen atoms in total. The lowest BCUT2D eigenvalue weighted by molar-refractivity contribution is 0.101. The number of carbonyl (C=O) groups is 2. The summed E-state index contributed by atoms with van der Waals surface area (Å²) < 4.78 is 0. The number of anilines is 1. The molecule has 0 saturated heterocycles. The van der Waals surface area contributed by atoms with E-state index in [4.69, 9.17) is 0 Å². The van der Waals surface area contributed by atoms with Crippen LogP contribution < -0.4 is 5.32 Å². The highest BCUT2D eigenvalue weighted by molar-refractivity contribution is 7.17. The lowest BCUT2D eigenvalue weighted by Gasteiger charge is -2.05. The fraction of sp³-hybridized carbons (Fsp3) is 0.429. The van der Waals surface area contributed by atoms with Gasteiger partial charge in [0.15, 0.2) is 5.78 Å². The van der Waals surface area contributed by atoms with Crippen molar-refractivity contribution in [2.24, 2.45) is 0 Å². The molecule has 21 heavy (non-hydrogen) atoms. The van der Waals surface area contributed by atoms with Crippen molar-refractivity contribution in [3.63, 3.8) is 0 Å². The number of thiophene rings is 1. The number of carbonyl (C=O) groups excluding carboxylic acids is 2. The van der Waals surface area contributed by atoms with Crippen LogP contribution in [-0.2, 0) is 0 Å². The van der Waals surface area contributed by atoms with Crippen LogP contribution in [0.3, 0.4) is 0 Å². The van der Waals surface area contributed by atoms with Crippen LogP contribution in [0.2, 0.25) is 0 Å². The highest BCUT2D eigenvalue weighted by Crippen LogP contribution is 2.28. The summed E-state index contributed by atoms with van der Waals surface area (Å²) in [4.78, 5) is 24.4. The van der Waals surface area contributed by atoms with E-state index in [1.807, 2.05) is 0 Å². The summed E-state index contributed by atoms with van der Waals surface area (Å²) in [5, 5.41) is 12.3. The van der Waals surface area contributed by atoms with Gasteiger partial charge in [-0.25, -0.2) is 0 Å². The van der Waals surface area contributed by atoms with Gasteiger partial charge in [0, 0.05) is 5.92 Å². The molecular formula is C14H17N3O2S2. The maximum absolute atomic E-state index is 12.1. The second-order valence-electron chi connectivity index (χ2n) is 4.63. The Kier molecular flexibility index (Phi) is 5.19. The summed E-state index contributed by atoms with van der Waals surface area (Å²) >= 11 is 2.60. The number of nitrogens with one attached hydrogen (secondary N) is 1. The normalized spacial score (nSPS) is 10.9. The maximum Gasteiger partial charge on any atom is 0.267 e. The van der Waals surface area contributed by atoms with Gasteiger partial charge in [0.2, 0.25) is 5.13 Å². The van der Waals surface area contributed by atoms with Gasteiger partial charge in [-0.3, -0.25) is 14.9 Å². The molecule has 0 bridgehead atoms. The quantitative estimate of drug-likeness (QED) is 0.817. The van der Waals surface area contributed by atoms with Gasteiger partial charge < -0.3 is 0 Å². The second kappa shape index (κ2) is 6.91. The molecule has 2 aromatic rings. The molecule has 2 aromatic heterocycles. The molecule has 0 spiro atoms. The van der Waals surface area contributed by atoms with Gasteiger partial charge in [-0.05, 0) is 31.9 Å².